The Balaban J connectivity index is 2.23. The Hall–Kier alpha value is -0.570. The Morgan fingerprint density at radius 2 is 2.06 bits per heavy atom. The zero-order valence-electron chi connectivity index (χ0n) is 10.5. The fourth-order valence-corrected chi connectivity index (χ4v) is 3.74. The van der Waals surface area contributed by atoms with Gasteiger partial charge in [-0.1, -0.05) is 77.9 Å². The highest BCUT2D eigenvalue weighted by Gasteiger charge is 2.38. The summed E-state index contributed by atoms with van der Waals surface area (Å²) in [5, 5.41) is 0. The van der Waals surface area contributed by atoms with Crippen LogP contribution < -0.4 is 0 Å². The van der Waals surface area contributed by atoms with Crippen molar-refractivity contribution in [3.8, 4) is 0 Å². The summed E-state index contributed by atoms with van der Waals surface area (Å²) in [7, 11) is 0. The highest BCUT2D eigenvalue weighted by molar-refractivity contribution is 14.1. The summed E-state index contributed by atoms with van der Waals surface area (Å²) in [6.07, 6.45) is 5.87. The SMILES string of the molecule is Cc1ccc2c(c1)C(C)(C)C1=C2C=CC(I)C1. The molecular weight excluding hydrogens is 319 g/mol. The van der Waals surface area contributed by atoms with Crippen molar-refractivity contribution in [1.29, 1.82) is 0 Å². The van der Waals surface area contributed by atoms with Gasteiger partial charge in [0, 0.05) is 9.34 Å². The Kier molecular flexibility index (Phi) is 2.51. The van der Waals surface area contributed by atoms with Crippen molar-refractivity contribution in [3.63, 3.8) is 0 Å². The van der Waals surface area contributed by atoms with Crippen LogP contribution in [0.15, 0.2) is 35.9 Å². The molecule has 0 heterocycles. The molecule has 17 heavy (non-hydrogen) atoms. The molecule has 0 aliphatic heterocycles. The number of alkyl halides is 1. The molecule has 0 bridgehead atoms. The van der Waals surface area contributed by atoms with Gasteiger partial charge in [0.25, 0.3) is 0 Å². The standard InChI is InChI=1S/C16H17I/c1-10-4-6-12-13-7-5-11(17)9-15(13)16(2,3)14(12)8-10/h4-8,11H,9H2,1-3H3. The first-order valence-corrected chi connectivity index (χ1v) is 7.42. The van der Waals surface area contributed by atoms with Crippen LogP contribution in [0, 0.1) is 6.92 Å². The van der Waals surface area contributed by atoms with Crippen LogP contribution in [0.4, 0.5) is 0 Å². The molecule has 1 aromatic carbocycles. The van der Waals surface area contributed by atoms with Gasteiger partial charge in [-0.15, -0.1) is 0 Å². The number of benzene rings is 1. The van der Waals surface area contributed by atoms with Gasteiger partial charge in [-0.2, -0.15) is 0 Å². The third kappa shape index (κ3) is 1.62. The van der Waals surface area contributed by atoms with Crippen molar-refractivity contribution in [2.75, 3.05) is 0 Å². The van der Waals surface area contributed by atoms with Gasteiger partial charge in [-0.3, -0.25) is 0 Å². The zero-order valence-corrected chi connectivity index (χ0v) is 12.7. The number of aryl methyl sites for hydroxylation is 1. The molecule has 2 aliphatic carbocycles. The largest absolute Gasteiger partial charge is 0.0777 e. The van der Waals surface area contributed by atoms with Crippen LogP contribution >= 0.6 is 22.6 Å². The third-order valence-electron chi connectivity index (χ3n) is 4.09. The van der Waals surface area contributed by atoms with Crippen molar-refractivity contribution >= 4 is 28.2 Å². The zero-order chi connectivity index (χ0) is 12.2. The average molecular weight is 336 g/mol. The fraction of sp³-hybridized carbons (Fsp3) is 0.375. The molecule has 0 nitrogen and oxygen atoms in total. The van der Waals surface area contributed by atoms with E-state index in [9.17, 15) is 0 Å². The van der Waals surface area contributed by atoms with Crippen LogP contribution in [0.5, 0.6) is 0 Å². The van der Waals surface area contributed by atoms with E-state index in [0.29, 0.717) is 3.92 Å². The molecule has 1 atom stereocenters. The lowest BCUT2D eigenvalue weighted by Crippen LogP contribution is -2.20. The van der Waals surface area contributed by atoms with Gasteiger partial charge in [0.15, 0.2) is 0 Å². The maximum Gasteiger partial charge on any atom is 0.0330 e. The molecule has 88 valence electrons. The van der Waals surface area contributed by atoms with E-state index in [1.54, 1.807) is 5.57 Å². The minimum Gasteiger partial charge on any atom is -0.0777 e. The van der Waals surface area contributed by atoms with E-state index in [-0.39, 0.29) is 5.41 Å². The minimum atomic E-state index is 0.213. The van der Waals surface area contributed by atoms with Crippen LogP contribution in [-0.2, 0) is 5.41 Å². The van der Waals surface area contributed by atoms with Gasteiger partial charge in [-0.05, 0) is 30.0 Å². The summed E-state index contributed by atoms with van der Waals surface area (Å²) in [5.74, 6) is 0. The van der Waals surface area contributed by atoms with Crippen LogP contribution in [0.25, 0.3) is 5.57 Å². The molecule has 0 radical (unpaired) electrons. The van der Waals surface area contributed by atoms with Crippen LogP contribution in [0.2, 0.25) is 0 Å². The molecule has 0 fully saturated rings. The quantitative estimate of drug-likeness (QED) is 0.471. The predicted molar refractivity (Wildman–Crippen MR) is 82.7 cm³/mol. The number of rotatable bonds is 0. The second kappa shape index (κ2) is 3.71. The molecule has 1 unspecified atom stereocenters. The summed E-state index contributed by atoms with van der Waals surface area (Å²) in [6, 6.07) is 6.89. The van der Waals surface area contributed by atoms with E-state index >= 15 is 0 Å². The van der Waals surface area contributed by atoms with Gasteiger partial charge < -0.3 is 0 Å². The van der Waals surface area contributed by atoms with Crippen LogP contribution in [0.1, 0.15) is 37.0 Å². The summed E-state index contributed by atoms with van der Waals surface area (Å²) in [4.78, 5) is 0. The maximum absolute atomic E-state index is 2.53. The molecule has 0 saturated carbocycles. The van der Waals surface area contributed by atoms with Gasteiger partial charge in [0.1, 0.15) is 0 Å². The van der Waals surface area contributed by atoms with Gasteiger partial charge >= 0.3 is 0 Å². The lowest BCUT2D eigenvalue weighted by molar-refractivity contribution is 0.611. The lowest BCUT2D eigenvalue weighted by Gasteiger charge is -2.27. The Morgan fingerprint density at radius 3 is 2.82 bits per heavy atom. The number of hydrogen-bond acceptors (Lipinski definition) is 0. The van der Waals surface area contributed by atoms with Crippen molar-refractivity contribution in [2.24, 2.45) is 0 Å². The molecule has 0 aromatic heterocycles. The molecular formula is C16H17I. The summed E-state index contributed by atoms with van der Waals surface area (Å²) < 4.78 is 0.654. The Labute approximate surface area is 117 Å². The normalized spacial score (nSPS) is 24.8. The van der Waals surface area contributed by atoms with E-state index in [4.69, 9.17) is 0 Å². The first-order valence-electron chi connectivity index (χ1n) is 6.17. The second-order valence-corrected chi connectivity index (χ2v) is 7.25. The molecule has 2 aliphatic rings. The predicted octanol–water partition coefficient (Wildman–Crippen LogP) is 4.80. The maximum atomic E-state index is 2.53. The van der Waals surface area contributed by atoms with E-state index in [1.165, 1.54) is 28.7 Å². The summed E-state index contributed by atoms with van der Waals surface area (Å²) >= 11 is 2.53. The summed E-state index contributed by atoms with van der Waals surface area (Å²) in [6.45, 7) is 6.93. The highest BCUT2D eigenvalue weighted by Crippen LogP contribution is 2.50. The van der Waals surface area contributed by atoms with Crippen LogP contribution in [0.3, 0.4) is 0 Å². The first kappa shape index (κ1) is 11.5. The van der Waals surface area contributed by atoms with Crippen molar-refractivity contribution in [2.45, 2.75) is 36.5 Å². The topological polar surface area (TPSA) is 0 Å². The lowest BCUT2D eigenvalue weighted by atomic mass is 9.78. The molecule has 1 aromatic rings. The Morgan fingerprint density at radius 1 is 1.29 bits per heavy atom. The van der Waals surface area contributed by atoms with E-state index < -0.39 is 0 Å². The van der Waals surface area contributed by atoms with Crippen molar-refractivity contribution < 1.29 is 0 Å². The molecule has 3 rings (SSSR count). The van der Waals surface area contributed by atoms with E-state index in [2.05, 4.69) is 73.7 Å². The smallest absolute Gasteiger partial charge is 0.0330 e. The third-order valence-corrected chi connectivity index (χ3v) is 4.94. The number of hydrogen-bond donors (Lipinski definition) is 0. The number of fused-ring (bicyclic) bond motifs is 2. The second-order valence-electron chi connectivity index (χ2n) is 5.65. The highest BCUT2D eigenvalue weighted by atomic mass is 127. The minimum absolute atomic E-state index is 0.213. The summed E-state index contributed by atoms with van der Waals surface area (Å²) in [5.41, 5.74) is 7.66. The van der Waals surface area contributed by atoms with Crippen LogP contribution in [-0.4, -0.2) is 3.92 Å². The van der Waals surface area contributed by atoms with Crippen molar-refractivity contribution in [1.82, 2.24) is 0 Å². The Bertz CT molecular complexity index is 547. The van der Waals surface area contributed by atoms with E-state index in [0.717, 1.165) is 0 Å². The number of allylic oxidation sites excluding steroid dienone is 4. The van der Waals surface area contributed by atoms with Crippen molar-refractivity contribution in [3.05, 3.63) is 52.6 Å². The molecule has 0 saturated heterocycles. The molecule has 0 amide bonds. The van der Waals surface area contributed by atoms with Gasteiger partial charge in [-0.25, -0.2) is 0 Å². The van der Waals surface area contributed by atoms with Gasteiger partial charge in [0.2, 0.25) is 0 Å². The average Bonchev–Trinajstić information content (AvgIpc) is 2.49. The fourth-order valence-electron chi connectivity index (χ4n) is 3.09. The van der Waals surface area contributed by atoms with E-state index in [1.807, 2.05) is 0 Å². The molecule has 1 heteroatoms. The molecule has 0 N–H and O–H groups in total. The monoisotopic (exact) mass is 336 g/mol. The molecule has 0 spiro atoms. The van der Waals surface area contributed by atoms with Gasteiger partial charge in [0.05, 0.1) is 0 Å². The number of halogens is 1. The first-order chi connectivity index (χ1) is 8.00.